The van der Waals surface area contributed by atoms with Gasteiger partial charge in [0.2, 0.25) is 0 Å². The number of hydrogen-bond donors (Lipinski definition) is 1. The Kier molecular flexibility index (Phi) is 2.61. The highest BCUT2D eigenvalue weighted by Gasteiger charge is 2.30. The molecule has 0 amide bonds. The van der Waals surface area contributed by atoms with E-state index in [-0.39, 0.29) is 10.9 Å². The van der Waals surface area contributed by atoms with Gasteiger partial charge in [0.25, 0.3) is 5.56 Å². The van der Waals surface area contributed by atoms with Crippen molar-refractivity contribution in [3.63, 3.8) is 0 Å². The summed E-state index contributed by atoms with van der Waals surface area (Å²) in [5.41, 5.74) is 0.261. The largest absolute Gasteiger partial charge is 0.416 e. The molecule has 0 saturated heterocycles. The van der Waals surface area contributed by atoms with Crippen molar-refractivity contribution in [2.45, 2.75) is 13.1 Å². The first-order valence-electron chi connectivity index (χ1n) is 6.00. The van der Waals surface area contributed by atoms with Gasteiger partial charge in [0.15, 0.2) is 0 Å². The molecule has 0 radical (unpaired) electrons. The first kappa shape index (κ1) is 12.7. The third kappa shape index (κ3) is 1.86. The lowest BCUT2D eigenvalue weighted by Gasteiger charge is -2.10. The number of H-pyrrole nitrogens is 1. The number of rotatable bonds is 0. The lowest BCUT2D eigenvalue weighted by Crippen LogP contribution is -2.09. The van der Waals surface area contributed by atoms with Gasteiger partial charge in [-0.1, -0.05) is 18.2 Å². The number of pyridine rings is 1. The Balaban J connectivity index is 2.52. The molecule has 0 saturated carbocycles. The number of aromatic nitrogens is 1. The van der Waals surface area contributed by atoms with E-state index in [1.54, 1.807) is 25.1 Å². The van der Waals surface area contributed by atoms with Crippen LogP contribution >= 0.6 is 0 Å². The second kappa shape index (κ2) is 4.10. The maximum absolute atomic E-state index is 12.8. The summed E-state index contributed by atoms with van der Waals surface area (Å²) in [4.78, 5) is 14.7. The van der Waals surface area contributed by atoms with Gasteiger partial charge in [-0.15, -0.1) is 0 Å². The van der Waals surface area contributed by atoms with Gasteiger partial charge in [-0.05, 0) is 36.1 Å². The van der Waals surface area contributed by atoms with Crippen LogP contribution in [-0.2, 0) is 6.18 Å². The number of fused-ring (bicyclic) bond motifs is 3. The summed E-state index contributed by atoms with van der Waals surface area (Å²) in [7, 11) is 0. The number of benzene rings is 2. The smallest absolute Gasteiger partial charge is 0.321 e. The average molecular weight is 277 g/mol. The molecule has 1 heterocycles. The van der Waals surface area contributed by atoms with Crippen LogP contribution in [0.5, 0.6) is 0 Å². The van der Waals surface area contributed by atoms with Gasteiger partial charge in [0.05, 0.1) is 11.1 Å². The van der Waals surface area contributed by atoms with Crippen LogP contribution in [0.1, 0.15) is 11.1 Å². The molecule has 1 N–H and O–H groups in total. The fraction of sp³-hybridized carbons (Fsp3) is 0.133. The molecule has 0 aliphatic carbocycles. The zero-order valence-electron chi connectivity index (χ0n) is 10.5. The topological polar surface area (TPSA) is 32.9 Å². The predicted molar refractivity (Wildman–Crippen MR) is 71.8 cm³/mol. The first-order chi connectivity index (χ1) is 9.38. The zero-order chi connectivity index (χ0) is 14.5. The van der Waals surface area contributed by atoms with E-state index in [0.29, 0.717) is 16.3 Å². The maximum Gasteiger partial charge on any atom is 0.416 e. The van der Waals surface area contributed by atoms with Crippen molar-refractivity contribution in [2.75, 3.05) is 0 Å². The standard InChI is InChI=1S/C15H10F3NO/c1-8-3-2-4-10-12-7-9(15(16,17)18)5-6-11(12)14(20)19-13(8)10/h2-7H,1H3,(H,19,20). The molecule has 102 valence electrons. The molecule has 5 heteroatoms. The second-order valence-corrected chi connectivity index (χ2v) is 4.71. The van der Waals surface area contributed by atoms with Gasteiger partial charge in [-0.25, -0.2) is 0 Å². The Hall–Kier alpha value is -2.30. The van der Waals surface area contributed by atoms with Gasteiger partial charge < -0.3 is 4.98 Å². The Morgan fingerprint density at radius 1 is 1.00 bits per heavy atom. The molecule has 0 unspecified atom stereocenters. The molecular formula is C15H10F3NO. The Morgan fingerprint density at radius 2 is 1.75 bits per heavy atom. The van der Waals surface area contributed by atoms with Crippen LogP contribution in [0.25, 0.3) is 21.7 Å². The summed E-state index contributed by atoms with van der Waals surface area (Å²) in [5.74, 6) is 0. The van der Waals surface area contributed by atoms with E-state index in [0.717, 1.165) is 17.7 Å². The van der Waals surface area contributed by atoms with Crippen LogP contribution in [0.2, 0.25) is 0 Å². The number of halogens is 3. The molecule has 0 aliphatic heterocycles. The van der Waals surface area contributed by atoms with Crippen molar-refractivity contribution in [2.24, 2.45) is 0 Å². The SMILES string of the molecule is Cc1cccc2c1[nH]c(=O)c1ccc(C(F)(F)F)cc12. The third-order valence-corrected chi connectivity index (χ3v) is 3.39. The zero-order valence-corrected chi connectivity index (χ0v) is 10.5. The number of alkyl halides is 3. The number of aryl methyl sites for hydroxylation is 1. The van der Waals surface area contributed by atoms with Crippen LogP contribution in [0, 0.1) is 6.92 Å². The van der Waals surface area contributed by atoms with Crippen LogP contribution in [-0.4, -0.2) is 4.98 Å². The first-order valence-corrected chi connectivity index (χ1v) is 6.00. The molecule has 0 fully saturated rings. The molecule has 0 bridgehead atoms. The number of hydrogen-bond acceptors (Lipinski definition) is 1. The van der Waals surface area contributed by atoms with Gasteiger partial charge >= 0.3 is 6.18 Å². The minimum absolute atomic E-state index is 0.260. The van der Waals surface area contributed by atoms with E-state index < -0.39 is 11.7 Å². The van der Waals surface area contributed by atoms with Crippen molar-refractivity contribution in [1.29, 1.82) is 0 Å². The van der Waals surface area contributed by atoms with E-state index >= 15 is 0 Å². The summed E-state index contributed by atoms with van der Waals surface area (Å²) in [6.45, 7) is 1.80. The van der Waals surface area contributed by atoms with E-state index in [1.807, 2.05) is 0 Å². The minimum Gasteiger partial charge on any atom is -0.321 e. The van der Waals surface area contributed by atoms with Crippen molar-refractivity contribution in [3.8, 4) is 0 Å². The highest BCUT2D eigenvalue weighted by molar-refractivity contribution is 6.06. The van der Waals surface area contributed by atoms with Gasteiger partial charge in [0, 0.05) is 10.8 Å². The molecule has 20 heavy (non-hydrogen) atoms. The van der Waals surface area contributed by atoms with E-state index in [4.69, 9.17) is 0 Å². The van der Waals surface area contributed by atoms with Crippen LogP contribution in [0.15, 0.2) is 41.2 Å². The lowest BCUT2D eigenvalue weighted by atomic mass is 10.0. The van der Waals surface area contributed by atoms with Gasteiger partial charge in [-0.3, -0.25) is 4.79 Å². The van der Waals surface area contributed by atoms with Crippen molar-refractivity contribution in [3.05, 3.63) is 57.9 Å². The fourth-order valence-electron chi connectivity index (χ4n) is 2.38. The number of nitrogens with one attached hydrogen (secondary N) is 1. The van der Waals surface area contributed by atoms with Crippen LogP contribution in [0.3, 0.4) is 0 Å². The van der Waals surface area contributed by atoms with Crippen LogP contribution in [0.4, 0.5) is 13.2 Å². The molecule has 2 nitrogen and oxygen atoms in total. The second-order valence-electron chi connectivity index (χ2n) is 4.71. The van der Waals surface area contributed by atoms with Gasteiger partial charge in [0.1, 0.15) is 0 Å². The molecule has 0 aliphatic rings. The number of para-hydroxylation sites is 1. The van der Waals surface area contributed by atoms with Crippen molar-refractivity contribution < 1.29 is 13.2 Å². The highest BCUT2D eigenvalue weighted by Crippen LogP contribution is 2.32. The Labute approximate surface area is 111 Å². The maximum atomic E-state index is 12.8. The molecule has 0 spiro atoms. The average Bonchev–Trinajstić information content (AvgIpc) is 2.39. The summed E-state index contributed by atoms with van der Waals surface area (Å²) >= 11 is 0. The van der Waals surface area contributed by atoms with E-state index in [9.17, 15) is 18.0 Å². The molecule has 3 aromatic rings. The molecule has 1 aromatic heterocycles. The van der Waals surface area contributed by atoms with Crippen molar-refractivity contribution >= 4 is 21.7 Å². The highest BCUT2D eigenvalue weighted by atomic mass is 19.4. The molecule has 3 rings (SSSR count). The molecular weight excluding hydrogens is 267 g/mol. The van der Waals surface area contributed by atoms with Crippen LogP contribution < -0.4 is 5.56 Å². The minimum atomic E-state index is -4.42. The number of aromatic amines is 1. The lowest BCUT2D eigenvalue weighted by molar-refractivity contribution is -0.137. The van der Waals surface area contributed by atoms with Crippen molar-refractivity contribution in [1.82, 2.24) is 4.98 Å². The van der Waals surface area contributed by atoms with E-state index in [2.05, 4.69) is 4.98 Å². The summed E-state index contributed by atoms with van der Waals surface area (Å²) < 4.78 is 38.4. The molecule has 2 aromatic carbocycles. The fourth-order valence-corrected chi connectivity index (χ4v) is 2.38. The normalized spacial score (nSPS) is 12.2. The Bertz CT molecular complexity index is 878. The predicted octanol–water partition coefficient (Wildman–Crippen LogP) is 4.01. The summed E-state index contributed by atoms with van der Waals surface area (Å²) in [5, 5.41) is 1.20. The van der Waals surface area contributed by atoms with E-state index in [1.165, 1.54) is 6.07 Å². The third-order valence-electron chi connectivity index (χ3n) is 3.39. The Morgan fingerprint density at radius 3 is 2.45 bits per heavy atom. The summed E-state index contributed by atoms with van der Waals surface area (Å²) in [6, 6.07) is 8.46. The van der Waals surface area contributed by atoms with Gasteiger partial charge in [-0.2, -0.15) is 13.2 Å². The molecule has 0 atom stereocenters. The summed E-state index contributed by atoms with van der Waals surface area (Å²) in [6.07, 6.45) is -4.42. The monoisotopic (exact) mass is 277 g/mol. The quantitative estimate of drug-likeness (QED) is 0.619.